The van der Waals surface area contributed by atoms with Gasteiger partial charge in [0.15, 0.2) is 11.9 Å². The van der Waals surface area contributed by atoms with E-state index in [4.69, 9.17) is 28.4 Å². The van der Waals surface area contributed by atoms with Crippen LogP contribution in [0.15, 0.2) is 12.2 Å². The molecule has 0 aromatic carbocycles. The van der Waals surface area contributed by atoms with Crippen LogP contribution >= 0.6 is 0 Å². The Kier molecular flexibility index (Phi) is 13.8. The number of aliphatic hydroxyl groups excluding tert-OH is 1. The van der Waals surface area contributed by atoms with Gasteiger partial charge >= 0.3 is 5.97 Å². The van der Waals surface area contributed by atoms with Gasteiger partial charge in [0, 0.05) is 37.0 Å². The Labute approximate surface area is 330 Å². The van der Waals surface area contributed by atoms with E-state index in [1.807, 2.05) is 60.6 Å². The van der Waals surface area contributed by atoms with E-state index in [2.05, 4.69) is 26.8 Å². The number of carbonyl (C=O) groups is 2. The van der Waals surface area contributed by atoms with Gasteiger partial charge in [-0.3, -0.25) is 9.59 Å². The van der Waals surface area contributed by atoms with Gasteiger partial charge in [-0.15, -0.1) is 0 Å². The number of ether oxygens (including phenoxy) is 6. The van der Waals surface area contributed by atoms with Gasteiger partial charge in [0.1, 0.15) is 5.78 Å². The van der Waals surface area contributed by atoms with Crippen molar-refractivity contribution in [3.63, 3.8) is 0 Å². The fraction of sp³-hybridized carbons (Fsp3) is 0.886. The van der Waals surface area contributed by atoms with E-state index in [1.54, 1.807) is 0 Å². The predicted octanol–water partition coefficient (Wildman–Crippen LogP) is 7.20. The van der Waals surface area contributed by atoms with Crippen LogP contribution < -0.4 is 0 Å². The van der Waals surface area contributed by atoms with Gasteiger partial charge in [-0.1, -0.05) is 55.4 Å². The molecule has 5 rings (SSSR count). The summed E-state index contributed by atoms with van der Waals surface area (Å²) in [6.07, 6.45) is 6.72. The molecule has 0 aromatic heterocycles. The van der Waals surface area contributed by atoms with Crippen molar-refractivity contribution in [3.05, 3.63) is 12.2 Å². The first kappa shape index (κ1) is 44.2. The highest BCUT2D eigenvalue weighted by molar-refractivity contribution is 5.84. The second-order valence-electron chi connectivity index (χ2n) is 18.3. The molecule has 0 radical (unpaired) electrons. The molecule has 2 N–H and O–H groups in total. The number of nitrogens with zero attached hydrogens (tertiary/aromatic N) is 1. The Morgan fingerprint density at radius 2 is 1.67 bits per heavy atom. The number of aliphatic hydroxyl groups is 2. The minimum atomic E-state index is -1.36. The summed E-state index contributed by atoms with van der Waals surface area (Å²) in [5, 5.41) is 32.6. The highest BCUT2D eigenvalue weighted by atomic mass is 16.8. The van der Waals surface area contributed by atoms with E-state index in [1.165, 1.54) is 6.92 Å². The summed E-state index contributed by atoms with van der Waals surface area (Å²) in [4.78, 5) is 27.0. The lowest BCUT2D eigenvalue weighted by molar-refractivity contribution is -0.409. The molecular formula is C44H71NO10. The highest BCUT2D eigenvalue weighted by Crippen LogP contribution is 2.54. The van der Waals surface area contributed by atoms with Crippen molar-refractivity contribution in [2.45, 2.75) is 206 Å². The van der Waals surface area contributed by atoms with Gasteiger partial charge in [0.25, 0.3) is 0 Å². The lowest BCUT2D eigenvalue weighted by atomic mass is 9.72. The van der Waals surface area contributed by atoms with Crippen LogP contribution in [0.4, 0.5) is 0 Å². The molecule has 5 aliphatic rings. The maximum atomic E-state index is 14.5. The molecule has 18 atom stereocenters. The monoisotopic (exact) mass is 774 g/mol. The van der Waals surface area contributed by atoms with Crippen LogP contribution in [0.5, 0.6) is 0 Å². The lowest BCUT2D eigenvalue weighted by Gasteiger charge is -2.54. The number of nitriles is 1. The molecule has 4 fully saturated rings. The number of ketones is 1. The van der Waals surface area contributed by atoms with Gasteiger partial charge in [-0.2, -0.15) is 5.26 Å². The van der Waals surface area contributed by atoms with E-state index >= 15 is 0 Å². The van der Waals surface area contributed by atoms with E-state index in [-0.39, 0.29) is 59.8 Å². The molecule has 5 aliphatic heterocycles. The summed E-state index contributed by atoms with van der Waals surface area (Å²) < 4.78 is 40.0. The number of Topliss-reactive ketones (excluding diaryl/α,β-unsaturated/α-hetero) is 1. The molecule has 11 nitrogen and oxygen atoms in total. The topological polar surface area (TPSA) is 154 Å². The Bertz CT molecular complexity index is 1430. The van der Waals surface area contributed by atoms with Crippen LogP contribution in [0.25, 0.3) is 0 Å². The average Bonchev–Trinajstić information content (AvgIpc) is 3.49. The molecule has 0 bridgehead atoms. The molecule has 0 unspecified atom stereocenters. The standard InChI is InChI=1S/C44H71NO10/c1-12-32(24-45)34-16-15-25(4)39(52-34)29(8)37(47)28(7)38(48)33(13-2)40-26(5)23-27(6)43(53-40)20-18-36(51-31(10)46)44(55-43)22-21-41(11,54-44)35-17-19-42(49,14-3)30(9)50-35/h18,20,25-30,32-37,39-40,47,49H,12-17,19,21-23H2,1-11H3/t25-,26-,27+,28-,29-,30-,32-,33-,34+,35+,36+,37+,39+,40-,41-,42+,43-,44-/m0/s1. The normalized spacial score (nSPS) is 44.7. The first-order valence-corrected chi connectivity index (χ1v) is 21.4. The van der Waals surface area contributed by atoms with Crippen LogP contribution in [-0.2, 0) is 38.0 Å². The second-order valence-corrected chi connectivity index (χ2v) is 18.3. The third-order valence-corrected chi connectivity index (χ3v) is 14.6. The third-order valence-electron chi connectivity index (χ3n) is 14.6. The predicted molar refractivity (Wildman–Crippen MR) is 206 cm³/mol. The first-order valence-electron chi connectivity index (χ1n) is 21.4. The summed E-state index contributed by atoms with van der Waals surface area (Å²) in [6, 6.07) is 2.39. The van der Waals surface area contributed by atoms with Crippen molar-refractivity contribution in [3.8, 4) is 6.07 Å². The van der Waals surface area contributed by atoms with Crippen molar-refractivity contribution >= 4 is 11.8 Å². The summed E-state index contributed by atoms with van der Waals surface area (Å²) in [5.41, 5.74) is -1.68. The molecular weight excluding hydrogens is 702 g/mol. The first-order chi connectivity index (χ1) is 25.8. The molecule has 0 aliphatic carbocycles. The Morgan fingerprint density at radius 3 is 2.27 bits per heavy atom. The van der Waals surface area contributed by atoms with E-state index in [0.29, 0.717) is 51.4 Å². The average molecular weight is 774 g/mol. The van der Waals surface area contributed by atoms with Crippen LogP contribution in [-0.4, -0.2) is 87.5 Å². The van der Waals surface area contributed by atoms with Gasteiger partial charge in [0.2, 0.25) is 5.79 Å². The molecule has 312 valence electrons. The summed E-state index contributed by atoms with van der Waals surface area (Å²) in [5.74, 6) is -4.76. The SMILES string of the molecule is CC[C@@H](C#N)[C@H]1CC[C@H](C)[C@H]([C@@H](C)[C@H](O)[C@H](C)C(=O)[C@H](CC)[C@H]2O[C@]3(C=C[C@@H](OC(C)=O)[C@]4(CC[C@@](C)([C@H]5CC[C@](O)(CC)[C@H](C)O5)O4)O3)[C@H](C)C[C@@H]2C)O1. The molecule has 0 amide bonds. The zero-order valence-corrected chi connectivity index (χ0v) is 35.4. The van der Waals surface area contributed by atoms with Crippen molar-refractivity contribution in [2.75, 3.05) is 0 Å². The largest absolute Gasteiger partial charge is 0.453 e. The maximum absolute atomic E-state index is 14.5. The fourth-order valence-electron chi connectivity index (χ4n) is 10.6. The zero-order valence-electron chi connectivity index (χ0n) is 35.4. The molecule has 0 aromatic rings. The number of esters is 1. The number of hydrogen-bond acceptors (Lipinski definition) is 11. The number of hydrogen-bond donors (Lipinski definition) is 2. The Balaban J connectivity index is 1.36. The van der Waals surface area contributed by atoms with Gasteiger partial charge < -0.3 is 38.6 Å². The molecule has 2 spiro atoms. The van der Waals surface area contributed by atoms with Gasteiger partial charge in [-0.05, 0) is 95.6 Å². The summed E-state index contributed by atoms with van der Waals surface area (Å²) >= 11 is 0. The van der Waals surface area contributed by atoms with Crippen LogP contribution in [0.3, 0.4) is 0 Å². The number of carbonyl (C=O) groups excluding carboxylic acids is 2. The van der Waals surface area contributed by atoms with E-state index in [9.17, 15) is 25.1 Å². The molecule has 5 heterocycles. The third kappa shape index (κ3) is 8.49. The second kappa shape index (κ2) is 17.1. The van der Waals surface area contributed by atoms with Crippen LogP contribution in [0, 0.1) is 52.8 Å². The molecule has 11 heteroatoms. The van der Waals surface area contributed by atoms with Crippen molar-refractivity contribution < 1.29 is 48.2 Å². The van der Waals surface area contributed by atoms with Crippen LogP contribution in [0.2, 0.25) is 0 Å². The van der Waals surface area contributed by atoms with E-state index in [0.717, 1.165) is 12.8 Å². The van der Waals surface area contributed by atoms with Crippen LogP contribution in [0.1, 0.15) is 140 Å². The highest BCUT2D eigenvalue weighted by Gasteiger charge is 2.64. The number of rotatable bonds is 12. The fourth-order valence-corrected chi connectivity index (χ4v) is 10.6. The van der Waals surface area contributed by atoms with Crippen molar-refractivity contribution in [1.29, 1.82) is 5.26 Å². The quantitative estimate of drug-likeness (QED) is 0.153. The maximum Gasteiger partial charge on any atom is 0.303 e. The smallest absolute Gasteiger partial charge is 0.303 e. The zero-order chi connectivity index (χ0) is 40.7. The lowest BCUT2D eigenvalue weighted by Crippen LogP contribution is -2.63. The molecule has 4 saturated heterocycles. The van der Waals surface area contributed by atoms with Crippen molar-refractivity contribution in [2.24, 2.45) is 41.4 Å². The molecule has 0 saturated carbocycles. The summed E-state index contributed by atoms with van der Waals surface area (Å²) in [7, 11) is 0. The minimum Gasteiger partial charge on any atom is -0.453 e. The Hall–Kier alpha value is -1.91. The summed E-state index contributed by atoms with van der Waals surface area (Å²) in [6.45, 7) is 21.3. The van der Waals surface area contributed by atoms with Gasteiger partial charge in [-0.25, -0.2) is 0 Å². The van der Waals surface area contributed by atoms with Gasteiger partial charge in [0.05, 0.1) is 59.8 Å². The Morgan fingerprint density at radius 1 is 0.964 bits per heavy atom. The van der Waals surface area contributed by atoms with E-state index < -0.39 is 58.9 Å². The van der Waals surface area contributed by atoms with Crippen molar-refractivity contribution in [1.82, 2.24) is 0 Å². The minimum absolute atomic E-state index is 0.0130. The molecule has 55 heavy (non-hydrogen) atoms.